The van der Waals surface area contributed by atoms with Crippen LogP contribution in [0.15, 0.2) is 55.0 Å². The molecule has 1 N–H and O–H groups in total. The fourth-order valence-corrected chi connectivity index (χ4v) is 2.33. The number of pyridine rings is 1. The van der Waals surface area contributed by atoms with Crippen LogP contribution < -0.4 is 5.32 Å². The van der Waals surface area contributed by atoms with Crippen molar-refractivity contribution in [1.82, 2.24) is 14.8 Å². The number of amides is 1. The van der Waals surface area contributed by atoms with Crippen LogP contribution in [0.1, 0.15) is 16.1 Å². The molecular weight excluding hydrogens is 357 g/mol. The number of benzene rings is 1. The van der Waals surface area contributed by atoms with Gasteiger partial charge in [0.2, 0.25) is 0 Å². The van der Waals surface area contributed by atoms with Crippen LogP contribution in [0.4, 0.5) is 18.9 Å². The van der Waals surface area contributed by atoms with Gasteiger partial charge in [-0.3, -0.25) is 9.78 Å². The molecule has 0 unspecified atom stereocenters. The van der Waals surface area contributed by atoms with Crippen LogP contribution in [-0.4, -0.2) is 20.7 Å². The van der Waals surface area contributed by atoms with Crippen LogP contribution in [0, 0.1) is 0 Å². The molecule has 0 saturated heterocycles. The normalized spacial score (nSPS) is 11.4. The topological polar surface area (TPSA) is 59.8 Å². The zero-order valence-corrected chi connectivity index (χ0v) is 13.2. The average molecular weight is 367 g/mol. The van der Waals surface area contributed by atoms with Crippen molar-refractivity contribution in [2.24, 2.45) is 0 Å². The van der Waals surface area contributed by atoms with Gasteiger partial charge in [0.05, 0.1) is 29.3 Å². The molecule has 3 rings (SSSR count). The van der Waals surface area contributed by atoms with Crippen LogP contribution in [0.2, 0.25) is 5.02 Å². The number of halogens is 4. The zero-order chi connectivity index (χ0) is 18.0. The van der Waals surface area contributed by atoms with Gasteiger partial charge in [0.15, 0.2) is 5.69 Å². The number of nitrogens with zero attached hydrogens (tertiary/aromatic N) is 3. The molecule has 3 aromatic rings. The molecule has 1 amide bonds. The molecular formula is C16H10ClF3N4O. The van der Waals surface area contributed by atoms with E-state index < -0.39 is 23.3 Å². The highest BCUT2D eigenvalue weighted by Gasteiger charge is 2.40. The van der Waals surface area contributed by atoms with Crippen molar-refractivity contribution in [3.05, 3.63) is 71.3 Å². The lowest BCUT2D eigenvalue weighted by Gasteiger charge is -2.13. The summed E-state index contributed by atoms with van der Waals surface area (Å²) in [6, 6.07) is 8.71. The molecule has 2 heterocycles. The number of rotatable bonds is 3. The van der Waals surface area contributed by atoms with Crippen LogP contribution in [0.3, 0.4) is 0 Å². The lowest BCUT2D eigenvalue weighted by molar-refractivity contribution is -0.143. The van der Waals surface area contributed by atoms with Crippen molar-refractivity contribution in [2.45, 2.75) is 6.18 Å². The fraction of sp³-hybridized carbons (Fsp3) is 0.0625. The predicted molar refractivity (Wildman–Crippen MR) is 85.8 cm³/mol. The Morgan fingerprint density at radius 1 is 1.12 bits per heavy atom. The lowest BCUT2D eigenvalue weighted by atomic mass is 10.2. The number of alkyl halides is 3. The van der Waals surface area contributed by atoms with Gasteiger partial charge in [-0.1, -0.05) is 11.6 Å². The van der Waals surface area contributed by atoms with Crippen molar-refractivity contribution in [2.75, 3.05) is 5.32 Å². The Morgan fingerprint density at radius 3 is 2.44 bits per heavy atom. The SMILES string of the molecule is O=C(Nc1cccnc1)c1cnn(-c2ccc(Cl)cc2)c1C(F)(F)F. The number of carbonyl (C=O) groups excluding carboxylic acids is 1. The van der Waals surface area contributed by atoms with Crippen LogP contribution in [0.5, 0.6) is 0 Å². The summed E-state index contributed by atoms with van der Waals surface area (Å²) in [5.74, 6) is -0.930. The van der Waals surface area contributed by atoms with Gasteiger partial charge < -0.3 is 5.32 Å². The van der Waals surface area contributed by atoms with Crippen molar-refractivity contribution >= 4 is 23.2 Å². The van der Waals surface area contributed by atoms with Crippen LogP contribution in [0.25, 0.3) is 5.69 Å². The van der Waals surface area contributed by atoms with Crippen molar-refractivity contribution in [1.29, 1.82) is 0 Å². The van der Waals surface area contributed by atoms with Gasteiger partial charge in [0, 0.05) is 11.2 Å². The smallest absolute Gasteiger partial charge is 0.320 e. The zero-order valence-electron chi connectivity index (χ0n) is 12.5. The maximum atomic E-state index is 13.5. The molecule has 0 bridgehead atoms. The van der Waals surface area contributed by atoms with Crippen molar-refractivity contribution in [3.63, 3.8) is 0 Å². The number of nitrogens with one attached hydrogen (secondary N) is 1. The minimum Gasteiger partial charge on any atom is -0.320 e. The maximum absolute atomic E-state index is 13.5. The van der Waals surface area contributed by atoms with Gasteiger partial charge in [-0.05, 0) is 36.4 Å². The first-order valence-electron chi connectivity index (χ1n) is 6.99. The number of carbonyl (C=O) groups is 1. The molecule has 1 aromatic carbocycles. The van der Waals surface area contributed by atoms with E-state index in [1.165, 1.54) is 42.7 Å². The van der Waals surface area contributed by atoms with Gasteiger partial charge in [-0.2, -0.15) is 18.3 Å². The Morgan fingerprint density at radius 2 is 1.84 bits per heavy atom. The summed E-state index contributed by atoms with van der Waals surface area (Å²) in [6.07, 6.45) is -1.09. The summed E-state index contributed by atoms with van der Waals surface area (Å²) in [4.78, 5) is 16.1. The summed E-state index contributed by atoms with van der Waals surface area (Å²) in [5, 5.41) is 6.47. The summed E-state index contributed by atoms with van der Waals surface area (Å²) in [7, 11) is 0. The molecule has 0 atom stereocenters. The molecule has 128 valence electrons. The van der Waals surface area contributed by atoms with E-state index in [-0.39, 0.29) is 11.4 Å². The van der Waals surface area contributed by atoms with Gasteiger partial charge >= 0.3 is 6.18 Å². The van der Waals surface area contributed by atoms with E-state index in [0.29, 0.717) is 9.70 Å². The monoisotopic (exact) mass is 366 g/mol. The molecule has 5 nitrogen and oxygen atoms in total. The van der Waals surface area contributed by atoms with Crippen molar-refractivity contribution < 1.29 is 18.0 Å². The van der Waals surface area contributed by atoms with Gasteiger partial charge in [0.25, 0.3) is 5.91 Å². The van der Waals surface area contributed by atoms with E-state index in [2.05, 4.69) is 15.4 Å². The first-order chi connectivity index (χ1) is 11.9. The molecule has 0 saturated carbocycles. The second-order valence-corrected chi connectivity index (χ2v) is 5.43. The first-order valence-corrected chi connectivity index (χ1v) is 7.36. The molecule has 0 aliphatic carbocycles. The summed E-state index contributed by atoms with van der Waals surface area (Å²) in [6.45, 7) is 0. The van der Waals surface area contributed by atoms with Crippen LogP contribution >= 0.6 is 11.6 Å². The molecule has 0 fully saturated rings. The molecule has 0 radical (unpaired) electrons. The Kier molecular flexibility index (Phi) is 4.45. The third-order valence-corrected chi connectivity index (χ3v) is 3.52. The molecule has 9 heteroatoms. The summed E-state index contributed by atoms with van der Waals surface area (Å²) < 4.78 is 41.2. The third kappa shape index (κ3) is 3.63. The molecule has 0 spiro atoms. The summed E-state index contributed by atoms with van der Waals surface area (Å²) >= 11 is 5.75. The minimum atomic E-state index is -4.78. The predicted octanol–water partition coefficient (Wildman–Crippen LogP) is 4.19. The maximum Gasteiger partial charge on any atom is 0.434 e. The van der Waals surface area contributed by atoms with E-state index in [4.69, 9.17) is 11.6 Å². The number of anilines is 1. The number of hydrogen-bond donors (Lipinski definition) is 1. The molecule has 0 aliphatic rings. The highest BCUT2D eigenvalue weighted by atomic mass is 35.5. The Hall–Kier alpha value is -2.87. The van der Waals surface area contributed by atoms with Crippen LogP contribution in [-0.2, 0) is 6.18 Å². The summed E-state index contributed by atoms with van der Waals surface area (Å²) in [5.41, 5.74) is -1.35. The second-order valence-electron chi connectivity index (χ2n) is 4.99. The largest absolute Gasteiger partial charge is 0.434 e. The van der Waals surface area contributed by atoms with Crippen molar-refractivity contribution in [3.8, 4) is 5.69 Å². The molecule has 0 aliphatic heterocycles. The Labute approximate surface area is 145 Å². The first kappa shape index (κ1) is 17.0. The van der Waals surface area contributed by atoms with Gasteiger partial charge in [-0.15, -0.1) is 0 Å². The average Bonchev–Trinajstić information content (AvgIpc) is 3.02. The fourth-order valence-electron chi connectivity index (χ4n) is 2.20. The Balaban J connectivity index is 2.03. The van der Waals surface area contributed by atoms with E-state index in [1.807, 2.05) is 0 Å². The highest BCUT2D eigenvalue weighted by molar-refractivity contribution is 6.30. The number of aromatic nitrogens is 3. The minimum absolute atomic E-state index is 0.136. The quantitative estimate of drug-likeness (QED) is 0.756. The Bertz CT molecular complexity index is 892. The van der Waals surface area contributed by atoms with E-state index >= 15 is 0 Å². The molecule has 25 heavy (non-hydrogen) atoms. The lowest BCUT2D eigenvalue weighted by Crippen LogP contribution is -2.20. The van der Waals surface area contributed by atoms with Gasteiger partial charge in [-0.25, -0.2) is 4.68 Å². The second kappa shape index (κ2) is 6.56. The van der Waals surface area contributed by atoms with Gasteiger partial charge in [0.1, 0.15) is 0 Å². The van der Waals surface area contributed by atoms with E-state index in [9.17, 15) is 18.0 Å². The standard InChI is InChI=1S/C16H10ClF3N4O/c17-10-3-5-12(6-4-10)24-14(16(18,19)20)13(9-22-24)15(25)23-11-2-1-7-21-8-11/h1-9H,(H,23,25). The molecule has 2 aromatic heterocycles. The van der Waals surface area contributed by atoms with E-state index in [0.717, 1.165) is 6.20 Å². The van der Waals surface area contributed by atoms with E-state index in [1.54, 1.807) is 6.07 Å². The number of hydrogen-bond acceptors (Lipinski definition) is 3. The third-order valence-electron chi connectivity index (χ3n) is 3.27. The highest BCUT2D eigenvalue weighted by Crippen LogP contribution is 2.34.